The molecular formula is C21H28FN3O2. The quantitative estimate of drug-likeness (QED) is 0.866. The molecule has 3 rings (SSSR count). The highest BCUT2D eigenvalue weighted by atomic mass is 19.1. The van der Waals surface area contributed by atoms with Crippen LogP contribution in [0.5, 0.6) is 5.75 Å². The number of H-pyrrole nitrogens is 1. The van der Waals surface area contributed by atoms with Crippen LogP contribution in [0, 0.1) is 17.2 Å². The van der Waals surface area contributed by atoms with Crippen molar-refractivity contribution < 1.29 is 13.9 Å². The molecule has 146 valence electrons. The first-order chi connectivity index (χ1) is 12.8. The number of nitrogens with zero attached hydrogens (tertiary/aromatic N) is 2. The number of amides is 1. The van der Waals surface area contributed by atoms with E-state index in [1.54, 1.807) is 24.1 Å². The number of benzene rings is 1. The minimum absolute atomic E-state index is 0.0928. The average Bonchev–Trinajstić information content (AvgIpc) is 3.05. The Balaban J connectivity index is 1.61. The zero-order valence-corrected chi connectivity index (χ0v) is 16.5. The minimum Gasteiger partial charge on any atom is -0.492 e. The van der Waals surface area contributed by atoms with Crippen molar-refractivity contribution in [3.63, 3.8) is 0 Å². The van der Waals surface area contributed by atoms with Crippen molar-refractivity contribution in [1.29, 1.82) is 0 Å². The number of aromatic amines is 1. The predicted molar refractivity (Wildman–Crippen MR) is 102 cm³/mol. The third-order valence-electron chi connectivity index (χ3n) is 5.43. The molecule has 2 aromatic rings. The van der Waals surface area contributed by atoms with Crippen LogP contribution < -0.4 is 4.74 Å². The first kappa shape index (κ1) is 19.4. The van der Waals surface area contributed by atoms with Crippen LogP contribution >= 0.6 is 0 Å². The van der Waals surface area contributed by atoms with Crippen molar-refractivity contribution in [2.24, 2.45) is 11.3 Å². The van der Waals surface area contributed by atoms with E-state index in [9.17, 15) is 9.18 Å². The Morgan fingerprint density at radius 3 is 2.70 bits per heavy atom. The van der Waals surface area contributed by atoms with Gasteiger partial charge >= 0.3 is 0 Å². The fourth-order valence-corrected chi connectivity index (χ4v) is 3.52. The molecule has 1 aliphatic carbocycles. The van der Waals surface area contributed by atoms with Crippen LogP contribution in [0.25, 0.3) is 0 Å². The number of ether oxygens (including phenoxy) is 1. The van der Waals surface area contributed by atoms with Crippen molar-refractivity contribution in [3.8, 4) is 5.75 Å². The lowest BCUT2D eigenvalue weighted by atomic mass is 9.71. The molecule has 1 aromatic heterocycles. The number of rotatable bonds is 5. The van der Waals surface area contributed by atoms with Gasteiger partial charge in [0.1, 0.15) is 18.2 Å². The van der Waals surface area contributed by atoms with Crippen LogP contribution in [0.1, 0.15) is 48.9 Å². The molecule has 1 N–H and O–H groups in total. The first-order valence-corrected chi connectivity index (χ1v) is 9.45. The molecule has 0 saturated carbocycles. The summed E-state index contributed by atoms with van der Waals surface area (Å²) in [5.41, 5.74) is 2.90. The molecule has 1 aromatic carbocycles. The second-order valence-electron chi connectivity index (χ2n) is 8.36. The van der Waals surface area contributed by atoms with Gasteiger partial charge in [-0.25, -0.2) is 4.39 Å². The van der Waals surface area contributed by atoms with Crippen LogP contribution in [0.4, 0.5) is 4.39 Å². The van der Waals surface area contributed by atoms with Crippen LogP contribution in [0.15, 0.2) is 24.3 Å². The number of aryl methyl sites for hydroxylation is 1. The van der Waals surface area contributed by atoms with Gasteiger partial charge in [-0.3, -0.25) is 9.89 Å². The Kier molecular flexibility index (Phi) is 5.53. The van der Waals surface area contributed by atoms with E-state index in [2.05, 4.69) is 31.0 Å². The zero-order chi connectivity index (χ0) is 19.6. The summed E-state index contributed by atoms with van der Waals surface area (Å²) in [6, 6.07) is 5.86. The zero-order valence-electron chi connectivity index (χ0n) is 16.5. The fraction of sp³-hybridized carbons (Fsp3) is 0.524. The van der Waals surface area contributed by atoms with E-state index >= 15 is 0 Å². The van der Waals surface area contributed by atoms with E-state index in [1.807, 2.05) is 0 Å². The lowest BCUT2D eigenvalue weighted by Crippen LogP contribution is -2.33. The standard InChI is InChI=1S/C21H28FN3O2/c1-21(2,3)14-5-10-18-17(13-14)19(24-23-18)20(26)25(4)11-12-27-16-8-6-15(22)7-9-16/h6-9,14H,5,10-13H2,1-4H3,(H,23,24). The molecule has 27 heavy (non-hydrogen) atoms. The largest absolute Gasteiger partial charge is 0.492 e. The number of halogens is 1. The Hall–Kier alpha value is -2.37. The molecule has 1 unspecified atom stereocenters. The normalized spacial score (nSPS) is 16.7. The Morgan fingerprint density at radius 2 is 2.04 bits per heavy atom. The van der Waals surface area contributed by atoms with E-state index in [4.69, 9.17) is 4.74 Å². The van der Waals surface area contributed by atoms with E-state index in [0.717, 1.165) is 30.5 Å². The molecule has 0 fully saturated rings. The number of carbonyl (C=O) groups excluding carboxylic acids is 1. The maximum atomic E-state index is 12.9. The van der Waals surface area contributed by atoms with E-state index in [-0.39, 0.29) is 17.1 Å². The molecule has 0 bridgehead atoms. The Bertz CT molecular complexity index is 793. The topological polar surface area (TPSA) is 58.2 Å². The van der Waals surface area contributed by atoms with E-state index < -0.39 is 0 Å². The molecule has 5 nitrogen and oxygen atoms in total. The van der Waals surface area contributed by atoms with Gasteiger partial charge in [-0.2, -0.15) is 5.10 Å². The number of aromatic nitrogens is 2. The summed E-state index contributed by atoms with van der Waals surface area (Å²) < 4.78 is 18.5. The summed E-state index contributed by atoms with van der Waals surface area (Å²) in [4.78, 5) is 14.5. The number of likely N-dealkylation sites (N-methyl/N-ethyl adjacent to an activating group) is 1. The average molecular weight is 373 g/mol. The highest BCUT2D eigenvalue weighted by molar-refractivity contribution is 5.93. The van der Waals surface area contributed by atoms with Crippen molar-refractivity contribution >= 4 is 5.91 Å². The predicted octanol–water partition coefficient (Wildman–Crippen LogP) is 3.85. The molecule has 0 saturated heterocycles. The summed E-state index contributed by atoms with van der Waals surface area (Å²) in [6.45, 7) is 7.53. The molecule has 0 spiro atoms. The summed E-state index contributed by atoms with van der Waals surface area (Å²) in [6.07, 6.45) is 2.94. The van der Waals surface area contributed by atoms with Crippen molar-refractivity contribution in [1.82, 2.24) is 15.1 Å². The molecule has 1 amide bonds. The molecule has 1 atom stereocenters. The van der Waals surface area contributed by atoms with Gasteiger partial charge in [0.15, 0.2) is 5.69 Å². The summed E-state index contributed by atoms with van der Waals surface area (Å²) in [5.74, 6) is 0.736. The number of nitrogens with one attached hydrogen (secondary N) is 1. The van der Waals surface area contributed by atoms with Crippen molar-refractivity contribution in [2.45, 2.75) is 40.0 Å². The van der Waals surface area contributed by atoms with E-state index in [1.165, 1.54) is 12.1 Å². The summed E-state index contributed by atoms with van der Waals surface area (Å²) in [7, 11) is 1.75. The van der Waals surface area contributed by atoms with Gasteiger partial charge < -0.3 is 9.64 Å². The Labute approximate surface area is 159 Å². The van der Waals surface area contributed by atoms with Gasteiger partial charge in [0, 0.05) is 18.3 Å². The number of hydrogen-bond donors (Lipinski definition) is 1. The number of carbonyl (C=O) groups is 1. The molecule has 0 aliphatic heterocycles. The third kappa shape index (κ3) is 4.49. The smallest absolute Gasteiger partial charge is 0.274 e. The highest BCUT2D eigenvalue weighted by Crippen LogP contribution is 2.37. The van der Waals surface area contributed by atoms with Gasteiger partial charge in [-0.15, -0.1) is 0 Å². The van der Waals surface area contributed by atoms with Gasteiger partial charge in [-0.05, 0) is 54.9 Å². The first-order valence-electron chi connectivity index (χ1n) is 9.45. The van der Waals surface area contributed by atoms with Crippen LogP contribution in [0.2, 0.25) is 0 Å². The maximum absolute atomic E-state index is 12.9. The molecule has 1 aliphatic rings. The molecule has 1 heterocycles. The number of fused-ring (bicyclic) bond motifs is 1. The monoisotopic (exact) mass is 373 g/mol. The molecule has 0 radical (unpaired) electrons. The van der Waals surface area contributed by atoms with E-state index in [0.29, 0.717) is 30.5 Å². The second kappa shape index (κ2) is 7.71. The van der Waals surface area contributed by atoms with Crippen LogP contribution in [-0.4, -0.2) is 41.2 Å². The molecular weight excluding hydrogens is 345 g/mol. The fourth-order valence-electron chi connectivity index (χ4n) is 3.52. The van der Waals surface area contributed by atoms with Gasteiger partial charge in [0.2, 0.25) is 0 Å². The Morgan fingerprint density at radius 1 is 1.33 bits per heavy atom. The van der Waals surface area contributed by atoms with Crippen LogP contribution in [0.3, 0.4) is 0 Å². The van der Waals surface area contributed by atoms with Gasteiger partial charge in [0.05, 0.1) is 6.54 Å². The van der Waals surface area contributed by atoms with Gasteiger partial charge in [0.25, 0.3) is 5.91 Å². The highest BCUT2D eigenvalue weighted by Gasteiger charge is 2.33. The van der Waals surface area contributed by atoms with Crippen molar-refractivity contribution in [2.75, 3.05) is 20.2 Å². The second-order valence-corrected chi connectivity index (χ2v) is 8.36. The molecule has 6 heteroatoms. The SMILES string of the molecule is CN(CCOc1ccc(F)cc1)C(=O)c1n[nH]c2c1CC(C(C)(C)C)CC2. The summed E-state index contributed by atoms with van der Waals surface area (Å²) >= 11 is 0. The van der Waals surface area contributed by atoms with Gasteiger partial charge in [-0.1, -0.05) is 20.8 Å². The maximum Gasteiger partial charge on any atom is 0.274 e. The lowest BCUT2D eigenvalue weighted by molar-refractivity contribution is 0.0765. The van der Waals surface area contributed by atoms with Crippen molar-refractivity contribution in [3.05, 3.63) is 47.0 Å². The number of hydrogen-bond acceptors (Lipinski definition) is 3. The lowest BCUT2D eigenvalue weighted by Gasteiger charge is -2.33. The van der Waals surface area contributed by atoms with Crippen LogP contribution in [-0.2, 0) is 12.8 Å². The minimum atomic E-state index is -0.300. The summed E-state index contributed by atoms with van der Waals surface area (Å²) in [5, 5.41) is 7.37. The third-order valence-corrected chi connectivity index (χ3v) is 5.43.